The summed E-state index contributed by atoms with van der Waals surface area (Å²) in [5, 5.41) is 11.5. The zero-order valence-electron chi connectivity index (χ0n) is 17.0. The van der Waals surface area contributed by atoms with Crippen molar-refractivity contribution in [1.82, 2.24) is 14.3 Å². The lowest BCUT2D eigenvalue weighted by molar-refractivity contribution is 0.101. The normalized spacial score (nSPS) is 20.9. The first-order valence-corrected chi connectivity index (χ1v) is 10.9. The molecule has 158 valence electrons. The van der Waals surface area contributed by atoms with E-state index in [1.54, 1.807) is 13.1 Å². The van der Waals surface area contributed by atoms with Crippen molar-refractivity contribution in [3.63, 3.8) is 0 Å². The molecule has 3 rings (SSSR count). The lowest BCUT2D eigenvalue weighted by Crippen LogP contribution is -2.35. The Hall–Kier alpha value is -3.03. The second kappa shape index (κ2) is 8.01. The van der Waals surface area contributed by atoms with Crippen molar-refractivity contribution in [3.05, 3.63) is 53.4 Å². The van der Waals surface area contributed by atoms with Crippen molar-refractivity contribution in [2.24, 2.45) is 13.0 Å². The van der Waals surface area contributed by atoms with Crippen LogP contribution in [0, 0.1) is 28.0 Å². The summed E-state index contributed by atoms with van der Waals surface area (Å²) in [5.41, 5.74) is 1.52. The van der Waals surface area contributed by atoms with E-state index >= 15 is 0 Å². The Balaban J connectivity index is 1.98. The van der Waals surface area contributed by atoms with Gasteiger partial charge in [0.1, 0.15) is 27.4 Å². The molecule has 0 saturated carbocycles. The summed E-state index contributed by atoms with van der Waals surface area (Å²) in [5.74, 6) is -1.28. The van der Waals surface area contributed by atoms with E-state index in [4.69, 9.17) is 10.0 Å². The highest BCUT2D eigenvalue weighted by molar-refractivity contribution is 7.90. The Morgan fingerprint density at radius 3 is 2.87 bits per heavy atom. The maximum Gasteiger partial charge on any atom is 0.272 e. The van der Waals surface area contributed by atoms with Crippen LogP contribution in [0.25, 0.3) is 0 Å². The molecular formula is C20H23FN6O2S. The van der Waals surface area contributed by atoms with Gasteiger partial charge in [-0.15, -0.1) is 0 Å². The van der Waals surface area contributed by atoms with Gasteiger partial charge in [-0.25, -0.2) is 18.7 Å². The fourth-order valence-electron chi connectivity index (χ4n) is 3.53. The number of nitrogens with one attached hydrogen (secondary N) is 3. The second-order valence-corrected chi connectivity index (χ2v) is 9.34. The fourth-order valence-corrected chi connectivity index (χ4v) is 5.18. The average molecular weight is 431 g/mol. The van der Waals surface area contributed by atoms with E-state index < -0.39 is 21.8 Å². The van der Waals surface area contributed by atoms with Gasteiger partial charge in [0.25, 0.3) is 5.91 Å². The third-order valence-corrected chi connectivity index (χ3v) is 6.71. The van der Waals surface area contributed by atoms with Crippen molar-refractivity contribution in [2.75, 3.05) is 5.32 Å². The average Bonchev–Trinajstić information content (AvgIpc) is 2.94. The minimum Gasteiger partial charge on any atom is -0.345 e. The van der Waals surface area contributed by atoms with Crippen LogP contribution in [0.3, 0.4) is 0 Å². The van der Waals surface area contributed by atoms with Crippen LogP contribution in [0.4, 0.5) is 10.1 Å². The Bertz CT molecular complexity index is 1180. The van der Waals surface area contributed by atoms with Gasteiger partial charge in [-0.2, -0.15) is 9.65 Å². The molecule has 2 aromatic heterocycles. The summed E-state index contributed by atoms with van der Waals surface area (Å²) in [6, 6.07) is 3.70. The maximum absolute atomic E-state index is 13.6. The van der Waals surface area contributed by atoms with Gasteiger partial charge in [-0.05, 0) is 24.8 Å². The summed E-state index contributed by atoms with van der Waals surface area (Å²) < 4.78 is 39.6. The van der Waals surface area contributed by atoms with Crippen LogP contribution in [0.2, 0.25) is 0 Å². The van der Waals surface area contributed by atoms with Crippen LogP contribution in [-0.2, 0) is 23.4 Å². The van der Waals surface area contributed by atoms with Crippen molar-refractivity contribution >= 4 is 21.5 Å². The monoisotopic (exact) mass is 430 g/mol. The largest absolute Gasteiger partial charge is 0.345 e. The first kappa shape index (κ1) is 21.7. The molecule has 0 bridgehead atoms. The molecule has 3 heterocycles. The number of rotatable bonds is 4. The lowest BCUT2D eigenvalue weighted by Gasteiger charge is -2.22. The molecular weight excluding hydrogens is 407 g/mol. The van der Waals surface area contributed by atoms with Crippen LogP contribution in [0.1, 0.15) is 42.0 Å². The molecule has 0 aromatic carbocycles. The van der Waals surface area contributed by atoms with E-state index in [-0.39, 0.29) is 33.9 Å². The Labute approximate surface area is 174 Å². The van der Waals surface area contributed by atoms with Gasteiger partial charge >= 0.3 is 0 Å². The number of carbonyl (C=O) groups excluding carboxylic acids is 1. The third-order valence-electron chi connectivity index (χ3n) is 5.12. The van der Waals surface area contributed by atoms with Gasteiger partial charge in [0, 0.05) is 36.6 Å². The summed E-state index contributed by atoms with van der Waals surface area (Å²) in [6.07, 6.45) is 2.47. The number of amides is 1. The zero-order valence-corrected chi connectivity index (χ0v) is 17.8. The number of aromatic nitrogens is 2. The van der Waals surface area contributed by atoms with Crippen LogP contribution < -0.4 is 10.0 Å². The third kappa shape index (κ3) is 4.13. The molecule has 0 saturated heterocycles. The van der Waals surface area contributed by atoms with E-state index in [0.29, 0.717) is 18.4 Å². The number of aryl methyl sites for hydroxylation is 1. The molecule has 3 N–H and O–H groups in total. The Morgan fingerprint density at radius 1 is 1.53 bits per heavy atom. The molecule has 0 radical (unpaired) electrons. The van der Waals surface area contributed by atoms with Gasteiger partial charge in [-0.3, -0.25) is 4.79 Å². The van der Waals surface area contributed by atoms with Gasteiger partial charge in [0.2, 0.25) is 5.95 Å². The number of pyridine rings is 1. The van der Waals surface area contributed by atoms with E-state index in [9.17, 15) is 13.4 Å². The molecule has 1 aliphatic rings. The summed E-state index contributed by atoms with van der Waals surface area (Å²) in [4.78, 5) is 16.7. The highest BCUT2D eigenvalue weighted by Crippen LogP contribution is 2.30. The number of carbonyl (C=O) groups is 1. The Morgan fingerprint density at radius 2 is 2.23 bits per heavy atom. The lowest BCUT2D eigenvalue weighted by atomic mass is 9.93. The number of hydrogen-bond donors (Lipinski definition) is 3. The van der Waals surface area contributed by atoms with Crippen molar-refractivity contribution in [1.29, 1.82) is 10.0 Å². The second-order valence-electron chi connectivity index (χ2n) is 7.56. The molecule has 1 aliphatic heterocycles. The molecule has 2 aromatic rings. The summed E-state index contributed by atoms with van der Waals surface area (Å²) in [6.45, 7) is 8.03. The quantitative estimate of drug-likeness (QED) is 0.509. The summed E-state index contributed by atoms with van der Waals surface area (Å²) >= 11 is 0. The zero-order chi connectivity index (χ0) is 22.2. The van der Waals surface area contributed by atoms with Crippen LogP contribution >= 0.6 is 0 Å². The number of anilines is 1. The molecule has 8 nitrogen and oxygen atoms in total. The standard InChI is InChI=1S/C20H23FN6O2S/c1-11(2)12(3)16-6-5-15-17(30(23,29)26-16)10-27(4)19(15)20(28)25-13-7-14(9-22)24-18(21)8-13/h7-8,10-11,16H,3,5-6H2,1-2,4H3,(H2,23,26,29)(H,24,25,28)/t16-,30?/m0/s1. The van der Waals surface area contributed by atoms with Gasteiger partial charge in [0.05, 0.1) is 4.90 Å². The molecule has 10 heteroatoms. The molecule has 30 heavy (non-hydrogen) atoms. The van der Waals surface area contributed by atoms with Crippen molar-refractivity contribution in [3.8, 4) is 6.07 Å². The number of hydrogen-bond acceptors (Lipinski definition) is 5. The maximum atomic E-state index is 13.6. The van der Waals surface area contributed by atoms with Crippen LogP contribution in [0.15, 0.2) is 35.4 Å². The van der Waals surface area contributed by atoms with E-state index in [1.165, 1.54) is 16.8 Å². The molecule has 2 atom stereocenters. The summed E-state index contributed by atoms with van der Waals surface area (Å²) in [7, 11) is -1.73. The smallest absolute Gasteiger partial charge is 0.272 e. The van der Waals surface area contributed by atoms with Crippen molar-refractivity contribution in [2.45, 2.75) is 37.6 Å². The Kier molecular flexibility index (Phi) is 5.78. The SMILES string of the molecule is C=C(C(C)C)[C@@H]1CCc2c(cn(C)c2C(=O)Nc2cc(F)nc(C#N)c2)S(=N)(=O)N1. The number of nitriles is 1. The van der Waals surface area contributed by atoms with Crippen LogP contribution in [0.5, 0.6) is 0 Å². The number of halogens is 1. The highest BCUT2D eigenvalue weighted by Gasteiger charge is 2.32. The predicted molar refractivity (Wildman–Crippen MR) is 111 cm³/mol. The first-order chi connectivity index (χ1) is 14.0. The van der Waals surface area contributed by atoms with E-state index in [0.717, 1.165) is 11.6 Å². The van der Waals surface area contributed by atoms with Gasteiger partial charge in [0.15, 0.2) is 0 Å². The topological polar surface area (TPSA) is 124 Å². The predicted octanol–water partition coefficient (Wildman–Crippen LogP) is 3.12. The van der Waals surface area contributed by atoms with E-state index in [1.807, 2.05) is 13.8 Å². The first-order valence-electron chi connectivity index (χ1n) is 9.35. The van der Waals surface area contributed by atoms with Gasteiger partial charge < -0.3 is 9.88 Å². The van der Waals surface area contributed by atoms with Crippen LogP contribution in [-0.4, -0.2) is 25.7 Å². The minimum absolute atomic E-state index is 0.0865. The minimum atomic E-state index is -3.36. The van der Waals surface area contributed by atoms with E-state index in [2.05, 4.69) is 21.6 Å². The molecule has 0 spiro atoms. The molecule has 0 aliphatic carbocycles. The van der Waals surface area contributed by atoms with Gasteiger partial charge in [-0.1, -0.05) is 26.0 Å². The number of nitrogens with zero attached hydrogens (tertiary/aromatic N) is 3. The molecule has 0 fully saturated rings. The van der Waals surface area contributed by atoms with Crippen molar-refractivity contribution < 1.29 is 13.4 Å². The molecule has 1 amide bonds. The fraction of sp³-hybridized carbons (Fsp3) is 0.350. The molecule has 1 unspecified atom stereocenters. The number of fused-ring (bicyclic) bond motifs is 1. The highest BCUT2D eigenvalue weighted by atomic mass is 32.2.